The summed E-state index contributed by atoms with van der Waals surface area (Å²) >= 11 is 12.7. The van der Waals surface area contributed by atoms with Crippen molar-refractivity contribution in [1.29, 1.82) is 0 Å². The number of nitrogens with one attached hydrogen (secondary N) is 1. The van der Waals surface area contributed by atoms with Crippen molar-refractivity contribution in [2.24, 2.45) is 0 Å². The molecule has 0 spiro atoms. The molecule has 1 amide bonds. The summed E-state index contributed by atoms with van der Waals surface area (Å²) in [5.74, 6) is -0.188. The van der Waals surface area contributed by atoms with E-state index >= 15 is 0 Å². The number of carbonyl (C=O) groups is 2. The second kappa shape index (κ2) is 8.42. The molecule has 4 aromatic rings. The summed E-state index contributed by atoms with van der Waals surface area (Å²) in [4.78, 5) is 27.2. The largest absolute Gasteiger partial charge is 0.463 e. The van der Waals surface area contributed by atoms with Crippen molar-refractivity contribution in [3.05, 3.63) is 93.3 Å². The van der Waals surface area contributed by atoms with Gasteiger partial charge in [0, 0.05) is 21.3 Å². The Kier molecular flexibility index (Phi) is 5.44. The number of rotatable bonds is 5. The Labute approximate surface area is 198 Å². The average molecular weight is 482 g/mol. The third-order valence-corrected chi connectivity index (χ3v) is 6.00. The molecule has 0 aliphatic carbocycles. The first-order valence-electron chi connectivity index (χ1n) is 10.2. The van der Waals surface area contributed by atoms with Crippen LogP contribution in [-0.4, -0.2) is 28.7 Å². The van der Waals surface area contributed by atoms with E-state index < -0.39 is 12.0 Å². The fourth-order valence-corrected chi connectivity index (χ4v) is 4.52. The summed E-state index contributed by atoms with van der Waals surface area (Å²) in [7, 11) is 0. The predicted octanol–water partition coefficient (Wildman–Crippen LogP) is 5.90. The van der Waals surface area contributed by atoms with Crippen LogP contribution in [-0.2, 0) is 4.74 Å². The van der Waals surface area contributed by atoms with Gasteiger partial charge in [-0.3, -0.25) is 14.8 Å². The topological polar surface area (TPSA) is 88.4 Å². The first-order chi connectivity index (χ1) is 16.0. The molecular formula is C24H17Cl2N3O4. The minimum absolute atomic E-state index is 0.270. The first-order valence-corrected chi connectivity index (χ1v) is 10.9. The van der Waals surface area contributed by atoms with Crippen LogP contribution in [0.15, 0.2) is 65.3 Å². The molecule has 1 N–H and O–H groups in total. The Morgan fingerprint density at radius 3 is 2.64 bits per heavy atom. The fourth-order valence-electron chi connectivity index (χ4n) is 4.01. The van der Waals surface area contributed by atoms with Crippen LogP contribution in [0.3, 0.4) is 0 Å². The predicted molar refractivity (Wildman–Crippen MR) is 124 cm³/mol. The molecule has 2 aromatic heterocycles. The molecule has 2 aromatic carbocycles. The van der Waals surface area contributed by atoms with Gasteiger partial charge in [-0.05, 0) is 61.0 Å². The van der Waals surface area contributed by atoms with E-state index in [0.717, 1.165) is 0 Å². The lowest BCUT2D eigenvalue weighted by atomic mass is 9.97. The van der Waals surface area contributed by atoms with Crippen molar-refractivity contribution in [1.82, 2.24) is 10.2 Å². The smallest absolute Gasteiger partial charge is 0.338 e. The number of furan rings is 1. The number of carbonyl (C=O) groups excluding carboxylic acids is 2. The van der Waals surface area contributed by atoms with E-state index in [1.54, 1.807) is 72.7 Å². The third kappa shape index (κ3) is 3.59. The van der Waals surface area contributed by atoms with Gasteiger partial charge in [0.1, 0.15) is 5.69 Å². The molecular weight excluding hydrogens is 465 g/mol. The summed E-state index contributed by atoms with van der Waals surface area (Å²) in [6.45, 7) is 2.02. The molecule has 3 heterocycles. The van der Waals surface area contributed by atoms with Gasteiger partial charge in [-0.1, -0.05) is 29.3 Å². The molecule has 0 saturated carbocycles. The van der Waals surface area contributed by atoms with Crippen molar-refractivity contribution < 1.29 is 18.7 Å². The molecule has 1 aliphatic heterocycles. The van der Waals surface area contributed by atoms with Crippen LogP contribution in [0, 0.1) is 0 Å². The zero-order chi connectivity index (χ0) is 23.1. The molecule has 0 radical (unpaired) electrons. The van der Waals surface area contributed by atoms with Crippen LogP contribution in [0.5, 0.6) is 0 Å². The number of hydrogen-bond donors (Lipinski definition) is 1. The van der Waals surface area contributed by atoms with Crippen LogP contribution < -0.4 is 4.90 Å². The molecule has 33 heavy (non-hydrogen) atoms. The number of H-pyrrole nitrogens is 1. The lowest BCUT2D eigenvalue weighted by molar-refractivity contribution is 0.0526. The lowest BCUT2D eigenvalue weighted by Gasteiger charge is -2.27. The third-order valence-electron chi connectivity index (χ3n) is 5.44. The number of amides is 1. The van der Waals surface area contributed by atoms with E-state index in [-0.39, 0.29) is 18.2 Å². The van der Waals surface area contributed by atoms with Crippen molar-refractivity contribution in [3.63, 3.8) is 0 Å². The summed E-state index contributed by atoms with van der Waals surface area (Å²) in [5.41, 5.74) is 3.15. The molecule has 1 atom stereocenters. The van der Waals surface area contributed by atoms with Gasteiger partial charge in [0.15, 0.2) is 11.5 Å². The van der Waals surface area contributed by atoms with Crippen molar-refractivity contribution in [3.8, 4) is 11.5 Å². The highest BCUT2D eigenvalue weighted by atomic mass is 35.5. The van der Waals surface area contributed by atoms with Gasteiger partial charge in [0.25, 0.3) is 5.91 Å². The van der Waals surface area contributed by atoms with E-state index in [1.165, 1.54) is 0 Å². The SMILES string of the molecule is CCOC(=O)c1ccc(N2C(=O)c3n[nH]c(-c4ccco4)c3[C@H]2c2ccc(Cl)cc2Cl)cc1. The maximum atomic E-state index is 13.5. The van der Waals surface area contributed by atoms with Crippen LogP contribution >= 0.6 is 23.2 Å². The number of halogens is 2. The van der Waals surface area contributed by atoms with Gasteiger partial charge in [0.2, 0.25) is 0 Å². The first kappa shape index (κ1) is 21.3. The van der Waals surface area contributed by atoms with Crippen molar-refractivity contribution >= 4 is 40.8 Å². The maximum Gasteiger partial charge on any atom is 0.338 e. The van der Waals surface area contributed by atoms with E-state index in [9.17, 15) is 9.59 Å². The van der Waals surface area contributed by atoms with Crippen LogP contribution in [0.2, 0.25) is 10.0 Å². The Hall–Kier alpha value is -3.55. The van der Waals surface area contributed by atoms with Gasteiger partial charge in [-0.15, -0.1) is 0 Å². The second-order valence-electron chi connectivity index (χ2n) is 7.35. The van der Waals surface area contributed by atoms with Crippen molar-refractivity contribution in [2.75, 3.05) is 11.5 Å². The number of ether oxygens (including phenoxy) is 1. The molecule has 9 heteroatoms. The maximum absolute atomic E-state index is 13.5. The van der Waals surface area contributed by atoms with Gasteiger partial charge in [-0.25, -0.2) is 4.79 Å². The monoisotopic (exact) mass is 481 g/mol. The summed E-state index contributed by atoms with van der Waals surface area (Å²) in [6.07, 6.45) is 1.55. The Balaban J connectivity index is 1.65. The van der Waals surface area contributed by atoms with E-state index in [0.29, 0.717) is 43.9 Å². The fraction of sp³-hybridized carbons (Fsp3) is 0.125. The number of esters is 1. The Bertz CT molecular complexity index is 1350. The highest BCUT2D eigenvalue weighted by Gasteiger charge is 2.44. The van der Waals surface area contributed by atoms with Gasteiger partial charge < -0.3 is 9.15 Å². The molecule has 0 unspecified atom stereocenters. The zero-order valence-electron chi connectivity index (χ0n) is 17.3. The number of aromatic amines is 1. The standard InChI is InChI=1S/C24H17Cl2N3O4/c1-2-32-24(31)13-5-8-15(9-6-13)29-22(16-10-7-14(25)12-17(16)26)19-20(18-4-3-11-33-18)27-28-21(19)23(29)30/h3-12,22H,2H2,1H3,(H,27,28)/t22-/m1/s1. The highest BCUT2D eigenvalue weighted by Crippen LogP contribution is 2.47. The number of hydrogen-bond acceptors (Lipinski definition) is 5. The van der Waals surface area contributed by atoms with Gasteiger partial charge >= 0.3 is 5.97 Å². The second-order valence-corrected chi connectivity index (χ2v) is 8.19. The highest BCUT2D eigenvalue weighted by molar-refractivity contribution is 6.35. The van der Waals surface area contributed by atoms with Crippen LogP contribution in [0.4, 0.5) is 5.69 Å². The number of aromatic nitrogens is 2. The molecule has 0 bridgehead atoms. The van der Waals surface area contributed by atoms with Crippen LogP contribution in [0.1, 0.15) is 44.9 Å². The van der Waals surface area contributed by atoms with Gasteiger partial charge in [0.05, 0.1) is 24.5 Å². The summed E-state index contributed by atoms with van der Waals surface area (Å²) in [6, 6.07) is 14.7. The molecule has 1 aliphatic rings. The molecule has 5 rings (SSSR count). The Morgan fingerprint density at radius 2 is 1.97 bits per heavy atom. The molecule has 0 saturated heterocycles. The minimum atomic E-state index is -0.593. The molecule has 0 fully saturated rings. The quantitative estimate of drug-likeness (QED) is 0.358. The number of fused-ring (bicyclic) bond motifs is 1. The lowest BCUT2D eigenvalue weighted by Crippen LogP contribution is -2.29. The summed E-state index contributed by atoms with van der Waals surface area (Å²) < 4.78 is 10.6. The van der Waals surface area contributed by atoms with E-state index in [2.05, 4.69) is 10.2 Å². The molecule has 7 nitrogen and oxygen atoms in total. The Morgan fingerprint density at radius 1 is 1.18 bits per heavy atom. The number of nitrogens with zero attached hydrogens (tertiary/aromatic N) is 2. The minimum Gasteiger partial charge on any atom is -0.463 e. The van der Waals surface area contributed by atoms with Crippen LogP contribution in [0.25, 0.3) is 11.5 Å². The normalized spacial score (nSPS) is 15.1. The number of anilines is 1. The average Bonchev–Trinajstić information content (AvgIpc) is 3.52. The molecule has 166 valence electrons. The number of benzene rings is 2. The van der Waals surface area contributed by atoms with E-state index in [1.807, 2.05) is 0 Å². The van der Waals surface area contributed by atoms with Gasteiger partial charge in [-0.2, -0.15) is 5.10 Å². The van der Waals surface area contributed by atoms with Crippen molar-refractivity contribution in [2.45, 2.75) is 13.0 Å². The summed E-state index contributed by atoms with van der Waals surface area (Å²) in [5, 5.41) is 8.10. The van der Waals surface area contributed by atoms with E-state index in [4.69, 9.17) is 32.4 Å². The zero-order valence-corrected chi connectivity index (χ0v) is 18.9.